The number of alkyl halides is 1. The summed E-state index contributed by atoms with van der Waals surface area (Å²) < 4.78 is 2.89. The number of fused-ring (bicyclic) bond motifs is 1. The van der Waals surface area contributed by atoms with E-state index >= 15 is 0 Å². The molecule has 0 spiro atoms. The van der Waals surface area contributed by atoms with Gasteiger partial charge in [-0.05, 0) is 22.0 Å². The van der Waals surface area contributed by atoms with Crippen LogP contribution in [-0.2, 0) is 17.8 Å². The molecule has 1 amide bonds. The molecule has 102 valence electrons. The summed E-state index contributed by atoms with van der Waals surface area (Å²) in [5, 5.41) is 2.77. The highest BCUT2D eigenvalue weighted by Gasteiger charge is 2.11. The summed E-state index contributed by atoms with van der Waals surface area (Å²) in [6, 6.07) is 1.93. The number of rotatable bonds is 5. The Labute approximate surface area is 124 Å². The number of pyridine rings is 1. The van der Waals surface area contributed by atoms with Crippen LogP contribution in [-0.4, -0.2) is 32.9 Å². The lowest BCUT2D eigenvalue weighted by Crippen LogP contribution is -2.25. The van der Waals surface area contributed by atoms with Crippen molar-refractivity contribution in [2.45, 2.75) is 19.9 Å². The molecule has 0 radical (unpaired) electrons. The quantitative estimate of drug-likeness (QED) is 0.844. The third-order valence-electron chi connectivity index (χ3n) is 2.66. The predicted octanol–water partition coefficient (Wildman–Crippen LogP) is 2.11. The van der Waals surface area contributed by atoms with Crippen LogP contribution in [0.4, 0.5) is 0 Å². The van der Waals surface area contributed by atoms with Crippen LogP contribution < -0.4 is 5.32 Å². The van der Waals surface area contributed by atoms with Crippen molar-refractivity contribution in [2.24, 2.45) is 0 Å². The molecule has 2 heterocycles. The molecule has 0 aliphatic rings. The Kier molecular flexibility index (Phi) is 4.76. The monoisotopic (exact) mass is 344 g/mol. The van der Waals surface area contributed by atoms with Crippen LogP contribution in [0.3, 0.4) is 0 Å². The number of hydrogen-bond donors (Lipinski definition) is 1. The lowest BCUT2D eigenvalue weighted by molar-refractivity contribution is -0.118. The van der Waals surface area contributed by atoms with Gasteiger partial charge in [0.05, 0.1) is 0 Å². The zero-order chi connectivity index (χ0) is 13.8. The molecule has 0 saturated heterocycles. The molecule has 2 rings (SSSR count). The van der Waals surface area contributed by atoms with Gasteiger partial charge in [0, 0.05) is 43.0 Å². The molecule has 0 aliphatic carbocycles. The van der Waals surface area contributed by atoms with Crippen molar-refractivity contribution in [3.8, 4) is 0 Å². The van der Waals surface area contributed by atoms with Gasteiger partial charge in [-0.25, -0.2) is 9.97 Å². The molecule has 7 heteroatoms. The summed E-state index contributed by atoms with van der Waals surface area (Å²) in [7, 11) is 0. The van der Waals surface area contributed by atoms with E-state index in [0.717, 1.165) is 21.5 Å². The first-order chi connectivity index (χ1) is 9.11. The molecule has 0 bridgehead atoms. The van der Waals surface area contributed by atoms with Crippen LogP contribution in [0.1, 0.15) is 12.7 Å². The highest BCUT2D eigenvalue weighted by Crippen LogP contribution is 2.18. The molecule has 2 aromatic heterocycles. The largest absolute Gasteiger partial charge is 0.355 e. The third-order valence-corrected chi connectivity index (χ3v) is 3.28. The minimum absolute atomic E-state index is 0.0426. The summed E-state index contributed by atoms with van der Waals surface area (Å²) in [4.78, 5) is 19.8. The Morgan fingerprint density at radius 3 is 3.05 bits per heavy atom. The van der Waals surface area contributed by atoms with Gasteiger partial charge in [-0.2, -0.15) is 0 Å². The molecule has 0 atom stereocenters. The minimum Gasteiger partial charge on any atom is -0.355 e. The molecule has 0 fully saturated rings. The second-order valence-corrected chi connectivity index (χ2v) is 5.39. The van der Waals surface area contributed by atoms with Crippen LogP contribution in [0.25, 0.3) is 11.2 Å². The average molecular weight is 346 g/mol. The van der Waals surface area contributed by atoms with E-state index in [1.54, 1.807) is 6.20 Å². The van der Waals surface area contributed by atoms with Gasteiger partial charge in [-0.3, -0.25) is 4.79 Å². The van der Waals surface area contributed by atoms with Crippen molar-refractivity contribution in [3.63, 3.8) is 0 Å². The number of hydrogen-bond acceptors (Lipinski definition) is 3. The third kappa shape index (κ3) is 3.45. The van der Waals surface area contributed by atoms with E-state index < -0.39 is 0 Å². The normalized spacial score (nSPS) is 10.9. The van der Waals surface area contributed by atoms with Crippen molar-refractivity contribution in [2.75, 3.05) is 12.4 Å². The number of halogens is 2. The van der Waals surface area contributed by atoms with Crippen molar-refractivity contribution >= 4 is 44.6 Å². The molecule has 0 unspecified atom stereocenters. The first-order valence-corrected chi connectivity index (χ1v) is 7.25. The number of nitrogens with zero attached hydrogens (tertiary/aromatic N) is 3. The van der Waals surface area contributed by atoms with Crippen molar-refractivity contribution in [3.05, 3.63) is 22.6 Å². The summed E-state index contributed by atoms with van der Waals surface area (Å²) >= 11 is 9.18. The standard InChI is InChI=1S/C12H14BrClN4O/c1-8(19)15-4-5-18-11(2-3-14)17-10-6-9(13)7-16-12(10)18/h6-7H,2-5H2,1H3,(H,15,19). The fourth-order valence-corrected chi connectivity index (χ4v) is 2.38. The molecule has 1 N–H and O–H groups in total. The highest BCUT2D eigenvalue weighted by atomic mass is 79.9. The SMILES string of the molecule is CC(=O)NCCn1c(CCCl)nc2cc(Br)cnc21. The number of imidazole rings is 1. The topological polar surface area (TPSA) is 59.8 Å². The molecular weight excluding hydrogens is 332 g/mol. The first-order valence-electron chi connectivity index (χ1n) is 5.93. The fourth-order valence-electron chi connectivity index (χ4n) is 1.89. The Bertz CT molecular complexity index is 599. The summed E-state index contributed by atoms with van der Waals surface area (Å²) in [6.45, 7) is 2.69. The fraction of sp³-hybridized carbons (Fsp3) is 0.417. The van der Waals surface area contributed by atoms with Crippen LogP contribution in [0.15, 0.2) is 16.7 Å². The van der Waals surface area contributed by atoms with E-state index in [-0.39, 0.29) is 5.91 Å². The van der Waals surface area contributed by atoms with Gasteiger partial charge in [-0.15, -0.1) is 11.6 Å². The number of nitrogens with one attached hydrogen (secondary N) is 1. The zero-order valence-electron chi connectivity index (χ0n) is 10.5. The van der Waals surface area contributed by atoms with Crippen LogP contribution in [0.2, 0.25) is 0 Å². The van der Waals surface area contributed by atoms with Gasteiger partial charge < -0.3 is 9.88 Å². The molecular formula is C12H14BrClN4O. The maximum Gasteiger partial charge on any atom is 0.216 e. The highest BCUT2D eigenvalue weighted by molar-refractivity contribution is 9.10. The molecule has 0 aromatic carbocycles. The van der Waals surface area contributed by atoms with Crippen LogP contribution >= 0.6 is 27.5 Å². The van der Waals surface area contributed by atoms with Crippen molar-refractivity contribution in [1.29, 1.82) is 0 Å². The lowest BCUT2D eigenvalue weighted by atomic mass is 10.4. The molecule has 0 aliphatic heterocycles. The number of carbonyl (C=O) groups excluding carboxylic acids is 1. The van der Waals surface area contributed by atoms with Crippen LogP contribution in [0.5, 0.6) is 0 Å². The second kappa shape index (κ2) is 6.34. The van der Waals surface area contributed by atoms with E-state index in [1.165, 1.54) is 6.92 Å². The number of amides is 1. The number of carbonyl (C=O) groups is 1. The van der Waals surface area contributed by atoms with Crippen molar-refractivity contribution in [1.82, 2.24) is 19.9 Å². The van der Waals surface area contributed by atoms with Gasteiger partial charge in [0.15, 0.2) is 5.65 Å². The second-order valence-electron chi connectivity index (χ2n) is 4.10. The molecule has 5 nitrogen and oxygen atoms in total. The first kappa shape index (κ1) is 14.3. The molecule has 19 heavy (non-hydrogen) atoms. The van der Waals surface area contributed by atoms with E-state index in [2.05, 4.69) is 31.2 Å². The maximum atomic E-state index is 10.9. The van der Waals surface area contributed by atoms with Gasteiger partial charge in [-0.1, -0.05) is 0 Å². The van der Waals surface area contributed by atoms with Gasteiger partial charge >= 0.3 is 0 Å². The minimum atomic E-state index is -0.0426. The van der Waals surface area contributed by atoms with E-state index in [4.69, 9.17) is 11.6 Å². The average Bonchev–Trinajstić information content (AvgIpc) is 2.66. The Hall–Kier alpha value is -1.14. The van der Waals surface area contributed by atoms with Crippen LogP contribution in [0, 0.1) is 0 Å². The predicted molar refractivity (Wildman–Crippen MR) is 78.3 cm³/mol. The van der Waals surface area contributed by atoms with E-state index in [9.17, 15) is 4.79 Å². The van der Waals surface area contributed by atoms with Gasteiger partial charge in [0.1, 0.15) is 11.3 Å². The lowest BCUT2D eigenvalue weighted by Gasteiger charge is -2.08. The van der Waals surface area contributed by atoms with E-state index in [1.807, 2.05) is 10.6 Å². The van der Waals surface area contributed by atoms with E-state index in [0.29, 0.717) is 25.4 Å². The zero-order valence-corrected chi connectivity index (χ0v) is 12.8. The maximum absolute atomic E-state index is 10.9. The smallest absolute Gasteiger partial charge is 0.216 e. The molecule has 0 saturated carbocycles. The van der Waals surface area contributed by atoms with Gasteiger partial charge in [0.25, 0.3) is 0 Å². The van der Waals surface area contributed by atoms with Crippen molar-refractivity contribution < 1.29 is 4.79 Å². The Morgan fingerprint density at radius 2 is 2.37 bits per heavy atom. The summed E-state index contributed by atoms with van der Waals surface area (Å²) in [6.07, 6.45) is 2.42. The number of aromatic nitrogens is 3. The number of aryl methyl sites for hydroxylation is 1. The summed E-state index contributed by atoms with van der Waals surface area (Å²) in [5.41, 5.74) is 1.64. The molecule has 2 aromatic rings. The Balaban J connectivity index is 2.31. The van der Waals surface area contributed by atoms with Gasteiger partial charge in [0.2, 0.25) is 5.91 Å². The Morgan fingerprint density at radius 1 is 1.58 bits per heavy atom. The summed E-state index contributed by atoms with van der Waals surface area (Å²) in [5.74, 6) is 1.35.